The number of fused-ring (bicyclic) bond motifs is 1. The Balaban J connectivity index is 1.82. The van der Waals surface area contributed by atoms with Gasteiger partial charge < -0.3 is 14.7 Å². The van der Waals surface area contributed by atoms with Crippen molar-refractivity contribution in [3.8, 4) is 0 Å². The molecular weight excluding hydrogens is 300 g/mol. The number of halogens is 1. The smallest absolute Gasteiger partial charge is 0.287 e. The van der Waals surface area contributed by atoms with Gasteiger partial charge in [-0.1, -0.05) is 25.4 Å². The zero-order chi connectivity index (χ0) is 15.7. The van der Waals surface area contributed by atoms with E-state index in [0.717, 1.165) is 16.5 Å². The fourth-order valence-corrected chi connectivity index (χ4v) is 2.72. The predicted molar refractivity (Wildman–Crippen MR) is 87.4 cm³/mol. The number of aromatic amines is 1. The van der Waals surface area contributed by atoms with Crippen molar-refractivity contribution in [2.75, 3.05) is 6.54 Å². The Morgan fingerprint density at radius 1 is 1.36 bits per heavy atom. The zero-order valence-corrected chi connectivity index (χ0v) is 13.2. The quantitative estimate of drug-likeness (QED) is 0.760. The Morgan fingerprint density at radius 2 is 2.18 bits per heavy atom. The minimum Gasteiger partial charge on any atom is -0.459 e. The largest absolute Gasteiger partial charge is 0.459 e. The van der Waals surface area contributed by atoms with E-state index in [2.05, 4.69) is 24.1 Å². The van der Waals surface area contributed by atoms with Gasteiger partial charge in [0.1, 0.15) is 0 Å². The fourth-order valence-electron chi connectivity index (χ4n) is 2.54. The molecule has 1 amide bonds. The van der Waals surface area contributed by atoms with Gasteiger partial charge in [-0.15, -0.1) is 0 Å². The molecule has 2 N–H and O–H groups in total. The van der Waals surface area contributed by atoms with Gasteiger partial charge >= 0.3 is 0 Å². The van der Waals surface area contributed by atoms with Crippen LogP contribution < -0.4 is 5.32 Å². The second-order valence-electron chi connectivity index (χ2n) is 5.94. The summed E-state index contributed by atoms with van der Waals surface area (Å²) in [5.41, 5.74) is 1.90. The lowest BCUT2D eigenvalue weighted by molar-refractivity contribution is 0.0918. The van der Waals surface area contributed by atoms with Crippen molar-refractivity contribution < 1.29 is 9.21 Å². The Morgan fingerprint density at radius 3 is 2.91 bits per heavy atom. The summed E-state index contributed by atoms with van der Waals surface area (Å²) >= 11 is 6.10. The summed E-state index contributed by atoms with van der Waals surface area (Å²) in [6.45, 7) is 4.66. The minimum atomic E-state index is -0.245. The number of carbonyl (C=O) groups excluding carboxylic acids is 1. The van der Waals surface area contributed by atoms with Crippen molar-refractivity contribution in [3.05, 3.63) is 59.1 Å². The van der Waals surface area contributed by atoms with Crippen molar-refractivity contribution >= 4 is 28.4 Å². The first-order valence-corrected chi connectivity index (χ1v) is 7.44. The summed E-state index contributed by atoms with van der Waals surface area (Å²) in [6.07, 6.45) is 3.46. The Kier molecular flexibility index (Phi) is 3.71. The van der Waals surface area contributed by atoms with Crippen LogP contribution in [0.3, 0.4) is 0 Å². The van der Waals surface area contributed by atoms with Crippen LogP contribution in [0.25, 0.3) is 10.9 Å². The van der Waals surface area contributed by atoms with Gasteiger partial charge in [-0.05, 0) is 35.9 Å². The second-order valence-corrected chi connectivity index (χ2v) is 6.37. The normalized spacial score (nSPS) is 11.8. The second kappa shape index (κ2) is 5.54. The van der Waals surface area contributed by atoms with Gasteiger partial charge in [0.2, 0.25) is 0 Å². The van der Waals surface area contributed by atoms with Crippen LogP contribution in [0.15, 0.2) is 47.2 Å². The molecular formula is C17H17ClN2O2. The maximum Gasteiger partial charge on any atom is 0.287 e. The molecule has 0 saturated heterocycles. The molecule has 0 aliphatic carbocycles. The molecule has 0 saturated carbocycles. The molecule has 22 heavy (non-hydrogen) atoms. The number of nitrogens with one attached hydrogen (secondary N) is 2. The summed E-state index contributed by atoms with van der Waals surface area (Å²) in [5, 5.41) is 4.69. The highest BCUT2D eigenvalue weighted by Gasteiger charge is 2.25. The number of hydrogen-bond acceptors (Lipinski definition) is 2. The number of aromatic nitrogens is 1. The van der Waals surface area contributed by atoms with Crippen LogP contribution in [-0.4, -0.2) is 17.4 Å². The lowest BCUT2D eigenvalue weighted by Crippen LogP contribution is -2.36. The predicted octanol–water partition coefficient (Wildman–Crippen LogP) is 4.12. The summed E-state index contributed by atoms with van der Waals surface area (Å²) in [7, 11) is 0. The van der Waals surface area contributed by atoms with Crippen molar-refractivity contribution in [1.82, 2.24) is 10.3 Å². The summed E-state index contributed by atoms with van der Waals surface area (Å²) in [6, 6.07) is 9.10. The van der Waals surface area contributed by atoms with E-state index in [0.29, 0.717) is 17.3 Å². The van der Waals surface area contributed by atoms with Gasteiger partial charge in [0.05, 0.1) is 6.26 Å². The van der Waals surface area contributed by atoms with Crippen LogP contribution in [0.5, 0.6) is 0 Å². The molecule has 0 unspecified atom stereocenters. The molecule has 4 nitrogen and oxygen atoms in total. The molecule has 2 aromatic heterocycles. The summed E-state index contributed by atoms with van der Waals surface area (Å²) < 4.78 is 5.10. The molecule has 5 heteroatoms. The Hall–Kier alpha value is -2.20. The van der Waals surface area contributed by atoms with Crippen LogP contribution in [-0.2, 0) is 5.41 Å². The van der Waals surface area contributed by atoms with Crippen LogP contribution >= 0.6 is 11.6 Å². The van der Waals surface area contributed by atoms with Gasteiger partial charge in [0.25, 0.3) is 5.91 Å². The summed E-state index contributed by atoms with van der Waals surface area (Å²) in [5.74, 6) is 0.105. The minimum absolute atomic E-state index is 0.212. The average Bonchev–Trinajstić information content (AvgIpc) is 3.13. The molecule has 0 aliphatic rings. The molecule has 0 spiro atoms. The highest BCUT2D eigenvalue weighted by Crippen LogP contribution is 2.31. The zero-order valence-electron chi connectivity index (χ0n) is 12.4. The van der Waals surface area contributed by atoms with Crippen molar-refractivity contribution in [3.63, 3.8) is 0 Å². The van der Waals surface area contributed by atoms with E-state index in [9.17, 15) is 4.79 Å². The van der Waals surface area contributed by atoms with Crippen LogP contribution in [0, 0.1) is 0 Å². The van der Waals surface area contributed by atoms with E-state index in [1.807, 2.05) is 24.4 Å². The number of hydrogen-bond donors (Lipinski definition) is 2. The van der Waals surface area contributed by atoms with E-state index in [4.69, 9.17) is 16.0 Å². The van der Waals surface area contributed by atoms with Gasteiger partial charge in [0, 0.05) is 34.1 Å². The molecule has 0 radical (unpaired) electrons. The lowest BCUT2D eigenvalue weighted by Gasteiger charge is -2.24. The standard InChI is InChI=1S/C17H17ClN2O2/c1-17(2,10-20-16(21)15-4-3-7-22-15)13-9-19-14-6-5-11(18)8-12(13)14/h3-9,19H,10H2,1-2H3,(H,20,21). The first-order chi connectivity index (χ1) is 10.5. The van der Waals surface area contributed by atoms with Crippen LogP contribution in [0.1, 0.15) is 30.0 Å². The van der Waals surface area contributed by atoms with E-state index < -0.39 is 0 Å². The molecule has 3 rings (SSSR count). The Labute approximate surface area is 133 Å². The van der Waals surface area contributed by atoms with Gasteiger partial charge in [-0.25, -0.2) is 0 Å². The number of amides is 1. The monoisotopic (exact) mass is 316 g/mol. The molecule has 0 aliphatic heterocycles. The van der Waals surface area contributed by atoms with Crippen molar-refractivity contribution in [2.45, 2.75) is 19.3 Å². The van der Waals surface area contributed by atoms with Crippen LogP contribution in [0.4, 0.5) is 0 Å². The number of benzene rings is 1. The van der Waals surface area contributed by atoms with Crippen LogP contribution in [0.2, 0.25) is 5.02 Å². The maximum absolute atomic E-state index is 12.0. The number of rotatable bonds is 4. The highest BCUT2D eigenvalue weighted by atomic mass is 35.5. The van der Waals surface area contributed by atoms with E-state index >= 15 is 0 Å². The third-order valence-electron chi connectivity index (χ3n) is 3.81. The topological polar surface area (TPSA) is 58.0 Å². The van der Waals surface area contributed by atoms with Crippen molar-refractivity contribution in [1.29, 1.82) is 0 Å². The van der Waals surface area contributed by atoms with Gasteiger partial charge in [-0.3, -0.25) is 4.79 Å². The summed E-state index contributed by atoms with van der Waals surface area (Å²) in [4.78, 5) is 15.3. The molecule has 3 aromatic rings. The molecule has 1 aromatic carbocycles. The molecule has 0 fully saturated rings. The first-order valence-electron chi connectivity index (χ1n) is 7.06. The fraction of sp³-hybridized carbons (Fsp3) is 0.235. The van der Waals surface area contributed by atoms with E-state index in [-0.39, 0.29) is 11.3 Å². The molecule has 0 atom stereocenters. The number of carbonyl (C=O) groups is 1. The maximum atomic E-state index is 12.0. The van der Waals surface area contributed by atoms with E-state index in [1.54, 1.807) is 12.1 Å². The molecule has 0 bridgehead atoms. The lowest BCUT2D eigenvalue weighted by atomic mass is 9.84. The third-order valence-corrected chi connectivity index (χ3v) is 4.04. The van der Waals surface area contributed by atoms with Crippen molar-refractivity contribution in [2.24, 2.45) is 0 Å². The highest BCUT2D eigenvalue weighted by molar-refractivity contribution is 6.31. The van der Waals surface area contributed by atoms with E-state index in [1.165, 1.54) is 6.26 Å². The molecule has 114 valence electrons. The average molecular weight is 317 g/mol. The Bertz CT molecular complexity index is 803. The first kappa shape index (κ1) is 14.7. The SMILES string of the molecule is CC(C)(CNC(=O)c1ccco1)c1c[nH]c2ccc(Cl)cc12. The van der Waals surface area contributed by atoms with Gasteiger partial charge in [0.15, 0.2) is 5.76 Å². The number of furan rings is 1. The number of H-pyrrole nitrogens is 1. The molecule has 2 heterocycles. The van der Waals surface area contributed by atoms with Gasteiger partial charge in [-0.2, -0.15) is 0 Å². The third kappa shape index (κ3) is 2.74.